The van der Waals surface area contributed by atoms with Crippen LogP contribution < -0.4 is 10.6 Å². The highest BCUT2D eigenvalue weighted by molar-refractivity contribution is 6.09. The molecule has 2 aliphatic rings. The highest BCUT2D eigenvalue weighted by Gasteiger charge is 2.43. The van der Waals surface area contributed by atoms with E-state index in [1.165, 1.54) is 11.0 Å². The fraction of sp³-hybridized carbons (Fsp3) is 0.364. The van der Waals surface area contributed by atoms with Gasteiger partial charge in [-0.1, -0.05) is 30.3 Å². The van der Waals surface area contributed by atoms with Gasteiger partial charge in [-0.15, -0.1) is 0 Å². The molecule has 0 spiro atoms. The number of benzene rings is 2. The number of anilines is 1. The summed E-state index contributed by atoms with van der Waals surface area (Å²) < 4.78 is 26.7. The zero-order valence-electron chi connectivity index (χ0n) is 15.9. The van der Waals surface area contributed by atoms with E-state index in [9.17, 15) is 18.4 Å². The van der Waals surface area contributed by atoms with E-state index in [1.807, 2.05) is 30.3 Å². The molecule has 1 unspecified atom stereocenters. The second-order valence-corrected chi connectivity index (χ2v) is 7.69. The van der Waals surface area contributed by atoms with Gasteiger partial charge < -0.3 is 15.5 Å². The van der Waals surface area contributed by atoms with E-state index in [0.717, 1.165) is 17.7 Å². The lowest BCUT2D eigenvalue weighted by molar-refractivity contribution is -0.139. The van der Waals surface area contributed by atoms with Gasteiger partial charge in [0.15, 0.2) is 11.6 Å². The summed E-state index contributed by atoms with van der Waals surface area (Å²) in [6.07, 6.45) is 0.358. The Kier molecular flexibility index (Phi) is 5.32. The summed E-state index contributed by atoms with van der Waals surface area (Å²) >= 11 is 0. The van der Waals surface area contributed by atoms with Gasteiger partial charge in [0.1, 0.15) is 5.92 Å². The smallest absolute Gasteiger partial charge is 0.239 e. The van der Waals surface area contributed by atoms with Gasteiger partial charge in [-0.05, 0) is 36.6 Å². The Hall–Kier alpha value is -2.80. The summed E-state index contributed by atoms with van der Waals surface area (Å²) in [6.45, 7) is 1.81. The Morgan fingerprint density at radius 3 is 2.52 bits per heavy atom. The Morgan fingerprint density at radius 2 is 1.83 bits per heavy atom. The molecular weight excluding hydrogens is 376 g/mol. The zero-order chi connectivity index (χ0) is 20.5. The van der Waals surface area contributed by atoms with Gasteiger partial charge in [0.2, 0.25) is 11.8 Å². The Balaban J connectivity index is 1.48. The topological polar surface area (TPSA) is 66.6 Å². The number of rotatable bonds is 4. The summed E-state index contributed by atoms with van der Waals surface area (Å²) in [7, 11) is 0. The normalized spacial score (nSPS) is 24.4. The third kappa shape index (κ3) is 3.62. The van der Waals surface area contributed by atoms with Crippen LogP contribution in [-0.4, -0.2) is 42.9 Å². The molecule has 5 nitrogen and oxygen atoms in total. The molecule has 0 aliphatic carbocycles. The minimum atomic E-state index is -1.01. The van der Waals surface area contributed by atoms with Gasteiger partial charge in [0.05, 0.1) is 0 Å². The second-order valence-electron chi connectivity index (χ2n) is 7.69. The summed E-state index contributed by atoms with van der Waals surface area (Å²) in [5.41, 5.74) is 7.36. The van der Waals surface area contributed by atoms with Gasteiger partial charge in [-0.3, -0.25) is 9.59 Å². The van der Waals surface area contributed by atoms with Crippen molar-refractivity contribution in [2.75, 3.05) is 31.1 Å². The average molecular weight is 399 g/mol. The second kappa shape index (κ2) is 7.91. The van der Waals surface area contributed by atoms with E-state index < -0.39 is 17.6 Å². The number of hydrogen-bond donors (Lipinski definition) is 1. The number of hydrogen-bond acceptors (Lipinski definition) is 3. The molecule has 29 heavy (non-hydrogen) atoms. The molecule has 2 fully saturated rings. The number of carbonyl (C=O) groups is 2. The van der Waals surface area contributed by atoms with Crippen LogP contribution in [0, 0.1) is 23.5 Å². The van der Waals surface area contributed by atoms with Crippen LogP contribution in [0.5, 0.6) is 0 Å². The molecule has 3 atom stereocenters. The van der Waals surface area contributed by atoms with Crippen LogP contribution in [0.15, 0.2) is 48.5 Å². The molecule has 7 heteroatoms. The van der Waals surface area contributed by atoms with Crippen molar-refractivity contribution >= 4 is 17.5 Å². The number of amides is 2. The van der Waals surface area contributed by atoms with E-state index in [2.05, 4.69) is 0 Å². The summed E-state index contributed by atoms with van der Waals surface area (Å²) in [5, 5.41) is 0. The summed E-state index contributed by atoms with van der Waals surface area (Å²) in [5.74, 6) is -3.07. The first-order valence-corrected chi connectivity index (χ1v) is 9.80. The fourth-order valence-corrected chi connectivity index (χ4v) is 4.41. The van der Waals surface area contributed by atoms with Crippen LogP contribution in [0.4, 0.5) is 14.5 Å². The third-order valence-electron chi connectivity index (χ3n) is 6.00. The third-order valence-corrected chi connectivity index (χ3v) is 6.00. The quantitative estimate of drug-likeness (QED) is 0.804. The highest BCUT2D eigenvalue weighted by Crippen LogP contribution is 2.35. The van der Waals surface area contributed by atoms with Crippen LogP contribution in [0.3, 0.4) is 0 Å². The molecule has 0 radical (unpaired) electrons. The summed E-state index contributed by atoms with van der Waals surface area (Å²) in [4.78, 5) is 29.0. The number of nitrogens with two attached hydrogens (primary N) is 1. The van der Waals surface area contributed by atoms with Crippen LogP contribution in [0.2, 0.25) is 0 Å². The summed E-state index contributed by atoms with van der Waals surface area (Å²) in [6, 6.07) is 13.3. The first kappa shape index (κ1) is 19.5. The molecule has 2 saturated heterocycles. The van der Waals surface area contributed by atoms with E-state index in [-0.39, 0.29) is 29.3 Å². The Bertz CT molecular complexity index is 922. The minimum absolute atomic E-state index is 0.139. The highest BCUT2D eigenvalue weighted by atomic mass is 19.2. The Labute approximate surface area is 168 Å². The molecule has 0 saturated carbocycles. The van der Waals surface area contributed by atoms with Crippen LogP contribution in [-0.2, 0) is 9.59 Å². The Morgan fingerprint density at radius 1 is 1.07 bits per heavy atom. The van der Waals surface area contributed by atoms with Crippen molar-refractivity contribution < 1.29 is 18.4 Å². The van der Waals surface area contributed by atoms with Gasteiger partial charge in [0.25, 0.3) is 0 Å². The molecule has 2 N–H and O–H groups in total. The van der Waals surface area contributed by atoms with Crippen molar-refractivity contribution in [1.29, 1.82) is 0 Å². The predicted octanol–water partition coefficient (Wildman–Crippen LogP) is 2.52. The van der Waals surface area contributed by atoms with E-state index in [4.69, 9.17) is 5.73 Å². The molecule has 4 rings (SSSR count). The molecule has 0 aromatic heterocycles. The maximum atomic E-state index is 13.5. The lowest BCUT2D eigenvalue weighted by Crippen LogP contribution is -2.39. The lowest BCUT2D eigenvalue weighted by Gasteiger charge is -2.21. The standard InChI is InChI=1S/C22H23F2N3O2/c23-19-7-6-16(10-20(19)24)27-9-8-17(22(27)29)21(28)26-12-15(11-25)18(13-26)14-4-2-1-3-5-14/h1-7,10,15,17-18H,8-9,11-13,25H2/t15-,17?,18+/m1/s1. The monoisotopic (exact) mass is 399 g/mol. The predicted molar refractivity (Wildman–Crippen MR) is 105 cm³/mol. The van der Waals surface area contributed by atoms with E-state index in [0.29, 0.717) is 32.6 Å². The zero-order valence-corrected chi connectivity index (χ0v) is 15.9. The van der Waals surface area contributed by atoms with Gasteiger partial charge in [0, 0.05) is 37.3 Å². The molecule has 2 aliphatic heterocycles. The molecule has 2 aromatic rings. The van der Waals surface area contributed by atoms with Gasteiger partial charge in [-0.2, -0.15) is 0 Å². The fourth-order valence-electron chi connectivity index (χ4n) is 4.41. The van der Waals surface area contributed by atoms with Crippen molar-refractivity contribution in [2.24, 2.45) is 17.6 Å². The van der Waals surface area contributed by atoms with Crippen molar-refractivity contribution in [2.45, 2.75) is 12.3 Å². The first-order valence-electron chi connectivity index (χ1n) is 9.80. The average Bonchev–Trinajstić information content (AvgIpc) is 3.34. The molecule has 0 bridgehead atoms. The van der Waals surface area contributed by atoms with Crippen LogP contribution >= 0.6 is 0 Å². The van der Waals surface area contributed by atoms with Crippen LogP contribution in [0.1, 0.15) is 17.9 Å². The largest absolute Gasteiger partial charge is 0.341 e. The van der Waals surface area contributed by atoms with Crippen LogP contribution in [0.25, 0.3) is 0 Å². The SMILES string of the molecule is NC[C@@H]1CN(C(=O)C2CCN(c3ccc(F)c(F)c3)C2=O)C[C@H]1c1ccccc1. The number of carbonyl (C=O) groups excluding carboxylic acids is 2. The molecule has 152 valence electrons. The van der Waals surface area contributed by atoms with Crippen molar-refractivity contribution in [3.8, 4) is 0 Å². The maximum Gasteiger partial charge on any atom is 0.239 e. The van der Waals surface area contributed by atoms with Crippen molar-refractivity contribution in [3.63, 3.8) is 0 Å². The number of nitrogens with zero attached hydrogens (tertiary/aromatic N) is 2. The maximum absolute atomic E-state index is 13.5. The van der Waals surface area contributed by atoms with Crippen molar-refractivity contribution in [3.05, 3.63) is 65.7 Å². The molecule has 2 heterocycles. The first-order chi connectivity index (χ1) is 14.0. The number of likely N-dealkylation sites (tertiary alicyclic amines) is 1. The van der Waals surface area contributed by atoms with Crippen molar-refractivity contribution in [1.82, 2.24) is 4.90 Å². The minimum Gasteiger partial charge on any atom is -0.341 e. The van der Waals surface area contributed by atoms with E-state index in [1.54, 1.807) is 4.90 Å². The molecular formula is C22H23F2N3O2. The lowest BCUT2D eigenvalue weighted by atomic mass is 9.89. The molecule has 2 amide bonds. The van der Waals surface area contributed by atoms with Gasteiger partial charge in [-0.25, -0.2) is 8.78 Å². The van der Waals surface area contributed by atoms with E-state index >= 15 is 0 Å². The number of halogens is 2. The molecule has 2 aromatic carbocycles. The van der Waals surface area contributed by atoms with Gasteiger partial charge >= 0.3 is 0 Å².